The fourth-order valence-corrected chi connectivity index (χ4v) is 4.01. The summed E-state index contributed by atoms with van der Waals surface area (Å²) in [6.45, 7) is 6.64. The predicted octanol–water partition coefficient (Wildman–Crippen LogP) is 2.66. The number of rotatable bonds is 3. The van der Waals surface area contributed by atoms with Crippen LogP contribution < -0.4 is 10.6 Å². The highest BCUT2D eigenvalue weighted by Crippen LogP contribution is 2.40. The van der Waals surface area contributed by atoms with Gasteiger partial charge in [0.15, 0.2) is 0 Å². The summed E-state index contributed by atoms with van der Waals surface area (Å²) in [4.78, 5) is 29.6. The number of dihydropyridines is 1. The van der Waals surface area contributed by atoms with Crippen LogP contribution in [0.3, 0.4) is 0 Å². The van der Waals surface area contributed by atoms with Gasteiger partial charge in [0.25, 0.3) is 0 Å². The SMILES string of the molecule is COC(=O)C1=C(C)NC(C)=C(NC(=O)N2CCN(C)CC2)C1c1ccccc1Cl. The zero-order valence-electron chi connectivity index (χ0n) is 17.2. The molecule has 0 radical (unpaired) electrons. The van der Waals surface area contributed by atoms with Crippen molar-refractivity contribution in [2.24, 2.45) is 0 Å². The number of nitrogens with one attached hydrogen (secondary N) is 2. The van der Waals surface area contributed by atoms with Crippen LogP contribution in [0.5, 0.6) is 0 Å². The zero-order chi connectivity index (χ0) is 21.1. The summed E-state index contributed by atoms with van der Waals surface area (Å²) in [5, 5.41) is 6.77. The van der Waals surface area contributed by atoms with E-state index >= 15 is 0 Å². The Morgan fingerprint density at radius 2 is 1.79 bits per heavy atom. The Kier molecular flexibility index (Phi) is 6.49. The van der Waals surface area contributed by atoms with Crippen LogP contribution in [0.4, 0.5) is 4.79 Å². The molecule has 1 unspecified atom stereocenters. The van der Waals surface area contributed by atoms with Crippen molar-refractivity contribution in [3.05, 3.63) is 57.5 Å². The quantitative estimate of drug-likeness (QED) is 0.738. The molecule has 0 bridgehead atoms. The van der Waals surface area contributed by atoms with Gasteiger partial charge in [-0.2, -0.15) is 0 Å². The summed E-state index contributed by atoms with van der Waals surface area (Å²) in [5.41, 5.74) is 3.22. The minimum Gasteiger partial charge on any atom is -0.466 e. The third-order valence-electron chi connectivity index (χ3n) is 5.41. The van der Waals surface area contributed by atoms with Crippen molar-refractivity contribution >= 4 is 23.6 Å². The highest BCUT2D eigenvalue weighted by atomic mass is 35.5. The van der Waals surface area contributed by atoms with Crippen molar-refractivity contribution in [1.29, 1.82) is 0 Å². The second-order valence-electron chi connectivity index (χ2n) is 7.37. The lowest BCUT2D eigenvalue weighted by atomic mass is 9.84. The number of piperazine rings is 1. The lowest BCUT2D eigenvalue weighted by Gasteiger charge is -2.35. The molecule has 0 aromatic heterocycles. The van der Waals surface area contributed by atoms with E-state index in [1.54, 1.807) is 11.0 Å². The molecule has 3 rings (SSSR count). The van der Waals surface area contributed by atoms with Crippen molar-refractivity contribution in [3.8, 4) is 0 Å². The first-order chi connectivity index (χ1) is 13.8. The van der Waals surface area contributed by atoms with Gasteiger partial charge in [-0.1, -0.05) is 29.8 Å². The van der Waals surface area contributed by atoms with Crippen LogP contribution in [0.15, 0.2) is 46.9 Å². The number of hydrogen-bond acceptors (Lipinski definition) is 5. The zero-order valence-corrected chi connectivity index (χ0v) is 18.0. The predicted molar refractivity (Wildman–Crippen MR) is 112 cm³/mol. The minimum absolute atomic E-state index is 0.185. The first kappa shape index (κ1) is 21.2. The van der Waals surface area contributed by atoms with Gasteiger partial charge in [-0.05, 0) is 32.5 Å². The largest absolute Gasteiger partial charge is 0.466 e. The molecule has 2 aliphatic heterocycles. The smallest absolute Gasteiger partial charge is 0.336 e. The van der Waals surface area contributed by atoms with E-state index in [4.69, 9.17) is 16.3 Å². The molecule has 1 aromatic rings. The maximum atomic E-state index is 13.0. The Morgan fingerprint density at radius 3 is 2.41 bits per heavy atom. The molecule has 29 heavy (non-hydrogen) atoms. The Labute approximate surface area is 176 Å². The van der Waals surface area contributed by atoms with Crippen molar-refractivity contribution in [2.75, 3.05) is 40.3 Å². The van der Waals surface area contributed by atoms with E-state index in [9.17, 15) is 9.59 Å². The van der Waals surface area contributed by atoms with Crippen LogP contribution in [0.25, 0.3) is 0 Å². The molecular formula is C21H27ClN4O3. The summed E-state index contributed by atoms with van der Waals surface area (Å²) in [5.74, 6) is -0.993. The summed E-state index contributed by atoms with van der Waals surface area (Å²) in [6.07, 6.45) is 0. The van der Waals surface area contributed by atoms with Crippen molar-refractivity contribution in [2.45, 2.75) is 19.8 Å². The average Bonchev–Trinajstić information content (AvgIpc) is 2.70. The molecule has 1 atom stereocenters. The van der Waals surface area contributed by atoms with Gasteiger partial charge in [0.05, 0.1) is 24.3 Å². The molecular weight excluding hydrogens is 392 g/mol. The Balaban J connectivity index is 1.99. The molecule has 2 N–H and O–H groups in total. The van der Waals surface area contributed by atoms with Crippen LogP contribution in [-0.4, -0.2) is 62.1 Å². The summed E-state index contributed by atoms with van der Waals surface area (Å²) in [7, 11) is 3.39. The number of nitrogens with zero attached hydrogens (tertiary/aromatic N) is 2. The van der Waals surface area contributed by atoms with E-state index < -0.39 is 11.9 Å². The molecule has 0 saturated carbocycles. The number of carbonyl (C=O) groups is 2. The number of esters is 1. The summed E-state index contributed by atoms with van der Waals surface area (Å²) < 4.78 is 5.04. The highest BCUT2D eigenvalue weighted by Gasteiger charge is 2.36. The number of methoxy groups -OCH3 is 1. The van der Waals surface area contributed by atoms with Gasteiger partial charge in [0, 0.05) is 42.6 Å². The summed E-state index contributed by atoms with van der Waals surface area (Å²) >= 11 is 6.49. The number of amides is 2. The number of likely N-dealkylation sites (N-methyl/N-ethyl adjacent to an activating group) is 1. The van der Waals surface area contributed by atoms with Gasteiger partial charge in [0.1, 0.15) is 0 Å². The number of halogens is 1. The summed E-state index contributed by atoms with van der Waals surface area (Å²) in [6, 6.07) is 7.15. The fourth-order valence-electron chi connectivity index (χ4n) is 3.76. The lowest BCUT2D eigenvalue weighted by molar-refractivity contribution is -0.136. The topological polar surface area (TPSA) is 73.9 Å². The first-order valence-corrected chi connectivity index (χ1v) is 9.97. The molecule has 2 heterocycles. The van der Waals surface area contributed by atoms with E-state index in [-0.39, 0.29) is 6.03 Å². The fraction of sp³-hybridized carbons (Fsp3) is 0.429. The number of urea groups is 1. The Bertz CT molecular complexity index is 872. The number of allylic oxidation sites excluding steroid dienone is 3. The molecule has 2 amide bonds. The highest BCUT2D eigenvalue weighted by molar-refractivity contribution is 6.31. The molecule has 2 aliphatic rings. The van der Waals surface area contributed by atoms with E-state index in [0.29, 0.717) is 35.1 Å². The first-order valence-electron chi connectivity index (χ1n) is 9.59. The number of benzene rings is 1. The van der Waals surface area contributed by atoms with E-state index in [2.05, 4.69) is 15.5 Å². The Morgan fingerprint density at radius 1 is 1.14 bits per heavy atom. The molecule has 1 fully saturated rings. The van der Waals surface area contributed by atoms with Crippen LogP contribution in [0.1, 0.15) is 25.3 Å². The third kappa shape index (κ3) is 4.41. The molecule has 0 spiro atoms. The molecule has 7 nitrogen and oxygen atoms in total. The number of ether oxygens (including phenoxy) is 1. The van der Waals surface area contributed by atoms with Gasteiger partial charge >= 0.3 is 12.0 Å². The van der Waals surface area contributed by atoms with Gasteiger partial charge in [-0.25, -0.2) is 9.59 Å². The molecule has 1 aromatic carbocycles. The molecule has 8 heteroatoms. The molecule has 0 aliphatic carbocycles. The van der Waals surface area contributed by atoms with Crippen LogP contribution in [-0.2, 0) is 9.53 Å². The van der Waals surface area contributed by atoms with Crippen LogP contribution in [0.2, 0.25) is 5.02 Å². The minimum atomic E-state index is -0.534. The van der Waals surface area contributed by atoms with Crippen molar-refractivity contribution in [1.82, 2.24) is 20.4 Å². The maximum Gasteiger partial charge on any atom is 0.336 e. The second kappa shape index (κ2) is 8.88. The van der Waals surface area contributed by atoms with Gasteiger partial charge in [0.2, 0.25) is 0 Å². The van der Waals surface area contributed by atoms with Crippen LogP contribution in [0, 0.1) is 0 Å². The molecule has 156 valence electrons. The maximum absolute atomic E-state index is 13.0. The van der Waals surface area contributed by atoms with Crippen molar-refractivity contribution < 1.29 is 14.3 Å². The van der Waals surface area contributed by atoms with E-state index in [1.165, 1.54) is 7.11 Å². The van der Waals surface area contributed by atoms with Crippen molar-refractivity contribution in [3.63, 3.8) is 0 Å². The van der Waals surface area contributed by atoms with Gasteiger partial charge < -0.3 is 25.2 Å². The second-order valence-corrected chi connectivity index (χ2v) is 7.78. The van der Waals surface area contributed by atoms with Crippen LogP contribution >= 0.6 is 11.6 Å². The van der Waals surface area contributed by atoms with Gasteiger partial charge in [-0.3, -0.25) is 0 Å². The Hall–Kier alpha value is -2.51. The molecule has 1 saturated heterocycles. The van der Waals surface area contributed by atoms with E-state index in [0.717, 1.165) is 24.4 Å². The lowest BCUT2D eigenvalue weighted by Crippen LogP contribution is -2.51. The average molecular weight is 419 g/mol. The van der Waals surface area contributed by atoms with E-state index in [1.807, 2.05) is 39.1 Å². The standard InChI is InChI=1S/C21H27ClN4O3/c1-13-17(20(27)29-4)18(15-7-5-6-8-16(15)22)19(14(2)23-13)24-21(28)26-11-9-25(3)10-12-26/h5-8,18,23H,9-12H2,1-4H3,(H,24,28). The number of carbonyl (C=O) groups excluding carboxylic acids is 2. The number of hydrogen-bond donors (Lipinski definition) is 2. The third-order valence-corrected chi connectivity index (χ3v) is 5.76. The normalized spacial score (nSPS) is 20.4. The monoisotopic (exact) mass is 418 g/mol. The van der Waals surface area contributed by atoms with Gasteiger partial charge in [-0.15, -0.1) is 0 Å².